The molecule has 0 radical (unpaired) electrons. The SMILES string of the molecule is Cc1cc(C=CCNC(=O)OCC2c3ccccc3-c3ccccc32)cs1. The van der Waals surface area contributed by atoms with Gasteiger partial charge in [0.25, 0.3) is 0 Å². The van der Waals surface area contributed by atoms with E-state index >= 15 is 0 Å². The van der Waals surface area contributed by atoms with Crippen molar-refractivity contribution in [1.29, 1.82) is 0 Å². The molecule has 0 fully saturated rings. The van der Waals surface area contributed by atoms with Crippen LogP contribution < -0.4 is 5.32 Å². The molecular formula is C23H21NO2S. The minimum absolute atomic E-state index is 0.0903. The van der Waals surface area contributed by atoms with E-state index < -0.39 is 0 Å². The number of rotatable bonds is 5. The summed E-state index contributed by atoms with van der Waals surface area (Å²) in [6, 6.07) is 18.8. The van der Waals surface area contributed by atoms with Crippen molar-refractivity contribution in [2.45, 2.75) is 12.8 Å². The van der Waals surface area contributed by atoms with Gasteiger partial charge in [-0.2, -0.15) is 0 Å². The second-order valence-electron chi connectivity index (χ2n) is 6.60. The van der Waals surface area contributed by atoms with E-state index in [1.807, 2.05) is 36.4 Å². The van der Waals surface area contributed by atoms with E-state index in [0.717, 1.165) is 5.56 Å². The van der Waals surface area contributed by atoms with Crippen molar-refractivity contribution in [2.75, 3.05) is 13.2 Å². The Bertz CT molecular complexity index is 944. The van der Waals surface area contributed by atoms with Crippen LogP contribution in [-0.2, 0) is 4.74 Å². The van der Waals surface area contributed by atoms with Crippen molar-refractivity contribution in [3.05, 3.63) is 87.6 Å². The van der Waals surface area contributed by atoms with E-state index in [4.69, 9.17) is 4.74 Å². The molecule has 0 unspecified atom stereocenters. The van der Waals surface area contributed by atoms with E-state index in [1.54, 1.807) is 11.3 Å². The zero-order valence-electron chi connectivity index (χ0n) is 15.1. The third-order valence-electron chi connectivity index (χ3n) is 4.77. The Hall–Kier alpha value is -2.85. The molecule has 0 spiro atoms. The first-order valence-electron chi connectivity index (χ1n) is 9.03. The number of alkyl carbamates (subject to hydrolysis) is 1. The summed E-state index contributed by atoms with van der Waals surface area (Å²) in [4.78, 5) is 13.4. The van der Waals surface area contributed by atoms with Gasteiger partial charge in [-0.05, 0) is 46.2 Å². The van der Waals surface area contributed by atoms with Crippen LogP contribution in [-0.4, -0.2) is 19.2 Å². The van der Waals surface area contributed by atoms with Crippen LogP contribution in [0.2, 0.25) is 0 Å². The highest BCUT2D eigenvalue weighted by molar-refractivity contribution is 7.10. The first-order chi connectivity index (χ1) is 13.2. The summed E-state index contributed by atoms with van der Waals surface area (Å²) in [5.74, 6) is 0.0903. The average Bonchev–Trinajstić information content (AvgIpc) is 3.25. The minimum atomic E-state index is -0.386. The first-order valence-corrected chi connectivity index (χ1v) is 9.91. The smallest absolute Gasteiger partial charge is 0.407 e. The topological polar surface area (TPSA) is 38.3 Å². The predicted molar refractivity (Wildman–Crippen MR) is 111 cm³/mol. The molecule has 1 aliphatic rings. The standard InChI is InChI=1S/C23H21NO2S/c1-16-13-17(15-27-16)7-6-12-24-23(25)26-14-22-20-10-4-2-8-18(20)19-9-3-5-11-21(19)22/h2-11,13,15,22H,12,14H2,1H3,(H,24,25). The van der Waals surface area contributed by atoms with Gasteiger partial charge in [-0.15, -0.1) is 11.3 Å². The number of thiophene rings is 1. The number of fused-ring (bicyclic) bond motifs is 3. The Morgan fingerprint density at radius 1 is 1.11 bits per heavy atom. The van der Waals surface area contributed by atoms with E-state index in [-0.39, 0.29) is 12.0 Å². The maximum atomic E-state index is 12.1. The van der Waals surface area contributed by atoms with Crippen molar-refractivity contribution in [2.24, 2.45) is 0 Å². The largest absolute Gasteiger partial charge is 0.449 e. The number of benzene rings is 2. The molecule has 4 heteroatoms. The number of carbonyl (C=O) groups excluding carboxylic acids is 1. The minimum Gasteiger partial charge on any atom is -0.449 e. The van der Waals surface area contributed by atoms with Crippen molar-refractivity contribution >= 4 is 23.5 Å². The zero-order chi connectivity index (χ0) is 18.6. The molecule has 0 aliphatic heterocycles. The second-order valence-corrected chi connectivity index (χ2v) is 7.71. The monoisotopic (exact) mass is 375 g/mol. The number of aryl methyl sites for hydroxylation is 1. The molecule has 27 heavy (non-hydrogen) atoms. The van der Waals surface area contributed by atoms with E-state index in [0.29, 0.717) is 13.2 Å². The molecule has 136 valence electrons. The van der Waals surface area contributed by atoms with Crippen LogP contribution in [0.4, 0.5) is 4.79 Å². The van der Waals surface area contributed by atoms with Crippen LogP contribution in [0.1, 0.15) is 27.5 Å². The van der Waals surface area contributed by atoms with Gasteiger partial charge < -0.3 is 10.1 Å². The normalized spacial score (nSPS) is 12.8. The van der Waals surface area contributed by atoms with Crippen LogP contribution in [0.15, 0.2) is 66.1 Å². The third-order valence-corrected chi connectivity index (χ3v) is 5.65. The number of hydrogen-bond acceptors (Lipinski definition) is 3. The number of amides is 1. The molecule has 1 aromatic heterocycles. The van der Waals surface area contributed by atoms with E-state index in [2.05, 4.69) is 48.0 Å². The quantitative estimate of drug-likeness (QED) is 0.629. The molecule has 1 amide bonds. The molecule has 1 heterocycles. The Kier molecular flexibility index (Phi) is 5.07. The van der Waals surface area contributed by atoms with Crippen LogP contribution in [0.3, 0.4) is 0 Å². The van der Waals surface area contributed by atoms with Crippen LogP contribution in [0, 0.1) is 6.92 Å². The maximum Gasteiger partial charge on any atom is 0.407 e. The van der Waals surface area contributed by atoms with Gasteiger partial charge in [0.05, 0.1) is 0 Å². The summed E-state index contributed by atoms with van der Waals surface area (Å²) in [7, 11) is 0. The van der Waals surface area contributed by atoms with Crippen LogP contribution in [0.5, 0.6) is 0 Å². The zero-order valence-corrected chi connectivity index (χ0v) is 16.0. The van der Waals surface area contributed by atoms with E-state index in [1.165, 1.54) is 27.1 Å². The molecule has 3 aromatic rings. The van der Waals surface area contributed by atoms with Gasteiger partial charge in [0.15, 0.2) is 0 Å². The fraction of sp³-hybridized carbons (Fsp3) is 0.174. The molecule has 0 saturated heterocycles. The Morgan fingerprint density at radius 2 is 1.78 bits per heavy atom. The lowest BCUT2D eigenvalue weighted by atomic mass is 9.98. The van der Waals surface area contributed by atoms with Crippen molar-refractivity contribution < 1.29 is 9.53 Å². The summed E-state index contributed by atoms with van der Waals surface area (Å²) in [5.41, 5.74) is 6.07. The van der Waals surface area contributed by atoms with Gasteiger partial charge >= 0.3 is 6.09 Å². The van der Waals surface area contributed by atoms with Crippen molar-refractivity contribution in [1.82, 2.24) is 5.32 Å². The molecule has 0 atom stereocenters. The fourth-order valence-corrected chi connectivity index (χ4v) is 4.21. The number of ether oxygens (including phenoxy) is 1. The lowest BCUT2D eigenvalue weighted by Gasteiger charge is -2.14. The highest BCUT2D eigenvalue weighted by Gasteiger charge is 2.28. The number of nitrogens with one attached hydrogen (secondary N) is 1. The summed E-state index contributed by atoms with van der Waals surface area (Å²) in [6.45, 7) is 2.87. The summed E-state index contributed by atoms with van der Waals surface area (Å²) in [6.07, 6.45) is 3.55. The maximum absolute atomic E-state index is 12.1. The molecule has 0 bridgehead atoms. The summed E-state index contributed by atoms with van der Waals surface area (Å²) >= 11 is 1.72. The molecule has 1 N–H and O–H groups in total. The predicted octanol–water partition coefficient (Wildman–Crippen LogP) is 5.61. The Morgan fingerprint density at radius 3 is 2.41 bits per heavy atom. The molecule has 4 rings (SSSR count). The molecule has 1 aliphatic carbocycles. The molecule has 0 saturated carbocycles. The Balaban J connectivity index is 1.34. The summed E-state index contributed by atoms with van der Waals surface area (Å²) in [5, 5.41) is 4.88. The molecular weight excluding hydrogens is 354 g/mol. The van der Waals surface area contributed by atoms with Gasteiger partial charge in [0.1, 0.15) is 6.61 Å². The van der Waals surface area contributed by atoms with Gasteiger partial charge in [-0.1, -0.05) is 60.7 Å². The summed E-state index contributed by atoms with van der Waals surface area (Å²) < 4.78 is 5.51. The second kappa shape index (κ2) is 7.80. The fourth-order valence-electron chi connectivity index (χ4n) is 3.54. The van der Waals surface area contributed by atoms with E-state index in [9.17, 15) is 4.79 Å². The van der Waals surface area contributed by atoms with Crippen molar-refractivity contribution in [3.8, 4) is 11.1 Å². The van der Waals surface area contributed by atoms with Gasteiger partial charge in [0, 0.05) is 17.3 Å². The highest BCUT2D eigenvalue weighted by Crippen LogP contribution is 2.44. The van der Waals surface area contributed by atoms with Crippen LogP contribution in [0.25, 0.3) is 17.2 Å². The first kappa shape index (κ1) is 17.6. The van der Waals surface area contributed by atoms with Gasteiger partial charge in [-0.25, -0.2) is 4.79 Å². The third kappa shape index (κ3) is 3.81. The molecule has 3 nitrogen and oxygen atoms in total. The average molecular weight is 375 g/mol. The lowest BCUT2D eigenvalue weighted by Crippen LogP contribution is -2.26. The lowest BCUT2D eigenvalue weighted by molar-refractivity contribution is 0.144. The number of hydrogen-bond donors (Lipinski definition) is 1. The van der Waals surface area contributed by atoms with Crippen LogP contribution >= 0.6 is 11.3 Å². The van der Waals surface area contributed by atoms with Gasteiger partial charge in [0.2, 0.25) is 0 Å². The Labute approximate surface area is 163 Å². The highest BCUT2D eigenvalue weighted by atomic mass is 32.1. The van der Waals surface area contributed by atoms with Gasteiger partial charge in [-0.3, -0.25) is 0 Å². The van der Waals surface area contributed by atoms with Crippen molar-refractivity contribution in [3.63, 3.8) is 0 Å². The number of carbonyl (C=O) groups is 1. The molecule has 2 aromatic carbocycles.